The number of aliphatic hydroxyl groups excluding tert-OH is 1. The van der Waals surface area contributed by atoms with Gasteiger partial charge in [0.1, 0.15) is 5.69 Å². The molecule has 24 heavy (non-hydrogen) atoms. The minimum Gasteiger partial charge on any atom is -0.396 e. The van der Waals surface area contributed by atoms with E-state index in [1.165, 1.54) is 6.07 Å². The van der Waals surface area contributed by atoms with Crippen molar-refractivity contribution in [3.05, 3.63) is 33.9 Å². The van der Waals surface area contributed by atoms with E-state index in [1.54, 1.807) is 12.1 Å². The summed E-state index contributed by atoms with van der Waals surface area (Å²) in [6, 6.07) is 4.87. The zero-order chi connectivity index (χ0) is 17.1. The summed E-state index contributed by atoms with van der Waals surface area (Å²) < 4.78 is 5.28. The van der Waals surface area contributed by atoms with Crippen molar-refractivity contribution < 1.29 is 19.6 Å². The number of carbonyl (C=O) groups is 1. The van der Waals surface area contributed by atoms with Gasteiger partial charge in [-0.15, -0.1) is 0 Å². The van der Waals surface area contributed by atoms with E-state index in [-0.39, 0.29) is 24.6 Å². The number of anilines is 1. The van der Waals surface area contributed by atoms with Gasteiger partial charge in [0.15, 0.2) is 0 Å². The molecule has 2 heterocycles. The topological polar surface area (TPSA) is 117 Å². The molecule has 1 aromatic rings. The Bertz CT molecular complexity index is 684. The Labute approximate surface area is 138 Å². The largest absolute Gasteiger partial charge is 0.396 e. The monoisotopic (exact) mass is 334 g/mol. The Morgan fingerprint density at radius 3 is 2.83 bits per heavy atom. The molecule has 2 aliphatic rings. The van der Waals surface area contributed by atoms with Gasteiger partial charge in [-0.3, -0.25) is 14.9 Å². The van der Waals surface area contributed by atoms with E-state index in [9.17, 15) is 20.0 Å². The second-order valence-electron chi connectivity index (χ2n) is 5.68. The summed E-state index contributed by atoms with van der Waals surface area (Å²) >= 11 is 0. The number of benzene rings is 1. The highest BCUT2D eigenvalue weighted by molar-refractivity contribution is 6.06. The number of morpholine rings is 1. The summed E-state index contributed by atoms with van der Waals surface area (Å²) in [4.78, 5) is 24.4. The fraction of sp³-hybridized carbons (Fsp3) is 0.467. The average Bonchev–Trinajstić information content (AvgIpc) is 2.61. The molecule has 1 saturated heterocycles. The zero-order valence-corrected chi connectivity index (χ0v) is 13.0. The summed E-state index contributed by atoms with van der Waals surface area (Å²) in [6.07, 6.45) is 0.106. The lowest BCUT2D eigenvalue weighted by Gasteiger charge is -2.29. The van der Waals surface area contributed by atoms with Gasteiger partial charge in [-0.2, -0.15) is 5.10 Å². The lowest BCUT2D eigenvalue weighted by atomic mass is 9.92. The van der Waals surface area contributed by atoms with E-state index in [0.29, 0.717) is 43.3 Å². The molecule has 0 aliphatic carbocycles. The molecule has 1 atom stereocenters. The highest BCUT2D eigenvalue weighted by Crippen LogP contribution is 2.31. The van der Waals surface area contributed by atoms with Crippen molar-refractivity contribution in [1.29, 1.82) is 0 Å². The van der Waals surface area contributed by atoms with Gasteiger partial charge in [0, 0.05) is 37.1 Å². The number of aliphatic hydroxyl groups is 1. The number of nitro groups is 1. The second kappa shape index (κ2) is 6.93. The summed E-state index contributed by atoms with van der Waals surface area (Å²) in [7, 11) is 0. The van der Waals surface area contributed by atoms with Crippen molar-refractivity contribution in [2.45, 2.75) is 6.42 Å². The van der Waals surface area contributed by atoms with Crippen LogP contribution in [0.5, 0.6) is 0 Å². The summed E-state index contributed by atoms with van der Waals surface area (Å²) in [5.74, 6) is -0.746. The molecule has 0 saturated carbocycles. The van der Waals surface area contributed by atoms with Crippen LogP contribution in [-0.4, -0.2) is 54.6 Å². The number of hydrogen-bond acceptors (Lipinski definition) is 7. The van der Waals surface area contributed by atoms with E-state index >= 15 is 0 Å². The van der Waals surface area contributed by atoms with Crippen LogP contribution in [0.4, 0.5) is 11.4 Å². The van der Waals surface area contributed by atoms with E-state index in [1.807, 2.05) is 4.90 Å². The maximum atomic E-state index is 11.5. The molecule has 0 spiro atoms. The first-order valence-electron chi connectivity index (χ1n) is 7.69. The normalized spacial score (nSPS) is 21.2. The zero-order valence-electron chi connectivity index (χ0n) is 13.0. The van der Waals surface area contributed by atoms with Crippen molar-refractivity contribution in [3.63, 3.8) is 0 Å². The first-order valence-corrected chi connectivity index (χ1v) is 7.69. The van der Waals surface area contributed by atoms with Crippen LogP contribution in [0, 0.1) is 16.0 Å². The van der Waals surface area contributed by atoms with Crippen molar-refractivity contribution >= 4 is 23.0 Å². The Hall–Kier alpha value is -2.52. The number of nitro benzene ring substituents is 1. The minimum absolute atomic E-state index is 0.0225. The molecule has 0 aromatic heterocycles. The standard InChI is InChI=1S/C15H18N4O5/c20-9-11-8-14(21)16-17-15(11)10-1-2-12(13(7-10)19(22)23)18-3-5-24-6-4-18/h1-2,7,11,20H,3-6,8-9H2,(H,16,21). The average molecular weight is 334 g/mol. The third-order valence-electron chi connectivity index (χ3n) is 4.16. The molecule has 128 valence electrons. The number of ether oxygens (including phenoxy) is 1. The molecule has 9 heteroatoms. The highest BCUT2D eigenvalue weighted by atomic mass is 16.6. The summed E-state index contributed by atoms with van der Waals surface area (Å²) in [5.41, 5.74) is 3.85. The van der Waals surface area contributed by atoms with E-state index in [2.05, 4.69) is 10.5 Å². The molecule has 9 nitrogen and oxygen atoms in total. The first kappa shape index (κ1) is 16.3. The maximum Gasteiger partial charge on any atom is 0.293 e. The lowest BCUT2D eigenvalue weighted by Crippen LogP contribution is -2.37. The number of nitrogens with zero attached hydrogens (tertiary/aromatic N) is 3. The fourth-order valence-corrected chi connectivity index (χ4v) is 2.93. The van der Waals surface area contributed by atoms with Crippen LogP contribution in [0.2, 0.25) is 0 Å². The molecule has 3 rings (SSSR count). The number of hydrazone groups is 1. The Morgan fingerprint density at radius 1 is 1.42 bits per heavy atom. The molecule has 1 aromatic carbocycles. The van der Waals surface area contributed by atoms with Crippen molar-refractivity contribution in [3.8, 4) is 0 Å². The van der Waals surface area contributed by atoms with Gasteiger partial charge in [0.2, 0.25) is 5.91 Å². The summed E-state index contributed by atoms with van der Waals surface area (Å²) in [6.45, 7) is 2.01. The van der Waals surface area contributed by atoms with Crippen LogP contribution in [0.15, 0.2) is 23.3 Å². The Balaban J connectivity index is 1.97. The van der Waals surface area contributed by atoms with Crippen molar-refractivity contribution in [2.24, 2.45) is 11.0 Å². The van der Waals surface area contributed by atoms with E-state index in [0.717, 1.165) is 0 Å². The minimum atomic E-state index is -0.465. The van der Waals surface area contributed by atoms with E-state index in [4.69, 9.17) is 4.74 Å². The molecule has 1 amide bonds. The smallest absolute Gasteiger partial charge is 0.293 e. The number of hydrogen-bond donors (Lipinski definition) is 2. The quantitative estimate of drug-likeness (QED) is 0.603. The number of nitrogens with one attached hydrogen (secondary N) is 1. The van der Waals surface area contributed by atoms with Crippen molar-refractivity contribution in [2.75, 3.05) is 37.8 Å². The molecule has 0 bridgehead atoms. The predicted octanol–water partition coefficient (Wildman–Crippen LogP) is 0.264. The molecule has 1 unspecified atom stereocenters. The molecular weight excluding hydrogens is 316 g/mol. The molecular formula is C15H18N4O5. The van der Waals surface area contributed by atoms with Crippen LogP contribution in [0.25, 0.3) is 0 Å². The van der Waals surface area contributed by atoms with Crippen LogP contribution in [0.1, 0.15) is 12.0 Å². The first-order chi connectivity index (χ1) is 11.6. The SMILES string of the molecule is O=C1CC(CO)C(c2ccc(N3CCOCC3)c([N+](=O)[O-])c2)=NN1. The Kier molecular flexibility index (Phi) is 4.72. The van der Waals surface area contributed by atoms with Gasteiger partial charge >= 0.3 is 0 Å². The fourth-order valence-electron chi connectivity index (χ4n) is 2.93. The number of amides is 1. The Morgan fingerprint density at radius 2 is 2.17 bits per heavy atom. The molecule has 2 N–H and O–H groups in total. The number of rotatable bonds is 4. The van der Waals surface area contributed by atoms with Gasteiger partial charge < -0.3 is 14.7 Å². The number of carbonyl (C=O) groups excluding carboxylic acids is 1. The van der Waals surface area contributed by atoms with Gasteiger partial charge in [-0.25, -0.2) is 5.43 Å². The van der Waals surface area contributed by atoms with Crippen LogP contribution in [0.3, 0.4) is 0 Å². The van der Waals surface area contributed by atoms with E-state index < -0.39 is 10.8 Å². The lowest BCUT2D eigenvalue weighted by molar-refractivity contribution is -0.384. The predicted molar refractivity (Wildman–Crippen MR) is 86.0 cm³/mol. The van der Waals surface area contributed by atoms with Crippen LogP contribution >= 0.6 is 0 Å². The third kappa shape index (κ3) is 3.22. The third-order valence-corrected chi connectivity index (χ3v) is 4.16. The van der Waals surface area contributed by atoms with Crippen LogP contribution in [-0.2, 0) is 9.53 Å². The van der Waals surface area contributed by atoms with Crippen LogP contribution < -0.4 is 10.3 Å². The molecule has 2 aliphatic heterocycles. The van der Waals surface area contributed by atoms with Gasteiger partial charge in [-0.1, -0.05) is 6.07 Å². The van der Waals surface area contributed by atoms with Gasteiger partial charge in [0.05, 0.1) is 30.5 Å². The highest BCUT2D eigenvalue weighted by Gasteiger charge is 2.28. The summed E-state index contributed by atoms with van der Waals surface area (Å²) in [5, 5.41) is 24.9. The maximum absolute atomic E-state index is 11.5. The van der Waals surface area contributed by atoms with Gasteiger partial charge in [0.25, 0.3) is 5.69 Å². The van der Waals surface area contributed by atoms with Gasteiger partial charge in [-0.05, 0) is 6.07 Å². The molecule has 1 fully saturated rings. The second-order valence-corrected chi connectivity index (χ2v) is 5.68. The van der Waals surface area contributed by atoms with Crippen molar-refractivity contribution in [1.82, 2.24) is 5.43 Å². The molecule has 0 radical (unpaired) electrons.